The number of benzene rings is 2. The lowest BCUT2D eigenvalue weighted by atomic mass is 10.1. The van der Waals surface area contributed by atoms with Crippen molar-refractivity contribution in [3.8, 4) is 17.1 Å². The van der Waals surface area contributed by atoms with Crippen molar-refractivity contribution in [1.29, 1.82) is 0 Å². The maximum absolute atomic E-state index is 12.7. The molecule has 1 aromatic heterocycles. The third-order valence-electron chi connectivity index (χ3n) is 3.59. The van der Waals surface area contributed by atoms with Crippen LogP contribution in [0.3, 0.4) is 0 Å². The van der Waals surface area contributed by atoms with Crippen LogP contribution in [0.4, 0.5) is 5.69 Å². The van der Waals surface area contributed by atoms with Crippen molar-refractivity contribution in [2.45, 2.75) is 11.8 Å². The van der Waals surface area contributed by atoms with Crippen LogP contribution in [0.2, 0.25) is 0 Å². The number of sulfonamides is 1. The van der Waals surface area contributed by atoms with Crippen LogP contribution >= 0.6 is 15.9 Å². The summed E-state index contributed by atoms with van der Waals surface area (Å²) in [6, 6.07) is 11.6. The van der Waals surface area contributed by atoms with Crippen molar-refractivity contribution in [3.63, 3.8) is 0 Å². The number of anilines is 1. The molecular weight excluding hydrogens is 408 g/mol. The molecule has 1 N–H and O–H groups in total. The maximum atomic E-state index is 12.7. The van der Waals surface area contributed by atoms with E-state index in [1.54, 1.807) is 36.4 Å². The monoisotopic (exact) mass is 422 g/mol. The van der Waals surface area contributed by atoms with Gasteiger partial charge in [0.1, 0.15) is 10.6 Å². The Bertz CT molecular complexity index is 1000. The van der Waals surface area contributed by atoms with Gasteiger partial charge in [0.25, 0.3) is 10.0 Å². The Kier molecular flexibility index (Phi) is 4.82. The molecule has 0 amide bonds. The number of hydrogen-bond acceptors (Lipinski definition) is 5. The third-order valence-corrected chi connectivity index (χ3v) is 5.90. The van der Waals surface area contributed by atoms with E-state index in [2.05, 4.69) is 25.8 Å². The van der Waals surface area contributed by atoms with Crippen LogP contribution in [-0.2, 0) is 10.0 Å². The first kappa shape index (κ1) is 17.5. The SMILES string of the molecule is COc1cc(-c2ccno2)ccc1S(=O)(=O)Nc1ccc(Br)c(C)c1. The summed E-state index contributed by atoms with van der Waals surface area (Å²) >= 11 is 3.39. The molecule has 130 valence electrons. The first-order chi connectivity index (χ1) is 11.9. The van der Waals surface area contributed by atoms with Gasteiger partial charge >= 0.3 is 0 Å². The molecule has 0 aliphatic rings. The van der Waals surface area contributed by atoms with Gasteiger partial charge in [-0.05, 0) is 48.9 Å². The zero-order valence-corrected chi connectivity index (χ0v) is 15.9. The maximum Gasteiger partial charge on any atom is 0.265 e. The molecule has 0 atom stereocenters. The molecule has 25 heavy (non-hydrogen) atoms. The molecule has 2 aromatic carbocycles. The van der Waals surface area contributed by atoms with E-state index in [1.807, 2.05) is 6.92 Å². The second kappa shape index (κ2) is 6.89. The second-order valence-electron chi connectivity index (χ2n) is 5.31. The van der Waals surface area contributed by atoms with E-state index < -0.39 is 10.0 Å². The number of aromatic nitrogens is 1. The summed E-state index contributed by atoms with van der Waals surface area (Å²) in [5.41, 5.74) is 2.07. The van der Waals surface area contributed by atoms with Crippen LogP contribution in [0.15, 0.2) is 62.6 Å². The predicted octanol–water partition coefficient (Wildman–Crippen LogP) is 4.22. The summed E-state index contributed by atoms with van der Waals surface area (Å²) in [4.78, 5) is 0.0406. The number of aryl methyl sites for hydroxylation is 1. The van der Waals surface area contributed by atoms with Gasteiger partial charge in [0.15, 0.2) is 5.76 Å². The van der Waals surface area contributed by atoms with Crippen molar-refractivity contribution in [3.05, 3.63) is 58.7 Å². The number of nitrogens with one attached hydrogen (secondary N) is 1. The normalized spacial score (nSPS) is 11.3. The predicted molar refractivity (Wildman–Crippen MR) is 98.2 cm³/mol. The molecular formula is C17H15BrN2O4S. The topological polar surface area (TPSA) is 81.4 Å². The lowest BCUT2D eigenvalue weighted by Crippen LogP contribution is -2.14. The van der Waals surface area contributed by atoms with Crippen molar-refractivity contribution in [2.75, 3.05) is 11.8 Å². The smallest absolute Gasteiger partial charge is 0.265 e. The Morgan fingerprint density at radius 1 is 1.16 bits per heavy atom. The summed E-state index contributed by atoms with van der Waals surface area (Å²) < 4.78 is 39.3. The summed E-state index contributed by atoms with van der Waals surface area (Å²) in [5.74, 6) is 0.744. The fraction of sp³-hybridized carbons (Fsp3) is 0.118. The van der Waals surface area contributed by atoms with Gasteiger partial charge in [-0.1, -0.05) is 21.1 Å². The van der Waals surface area contributed by atoms with Crippen molar-refractivity contribution in [2.24, 2.45) is 0 Å². The number of rotatable bonds is 5. The molecule has 0 aliphatic carbocycles. The number of hydrogen-bond donors (Lipinski definition) is 1. The minimum atomic E-state index is -3.81. The van der Waals surface area contributed by atoms with Crippen molar-refractivity contribution >= 4 is 31.6 Å². The van der Waals surface area contributed by atoms with E-state index in [9.17, 15) is 8.42 Å². The molecule has 0 radical (unpaired) electrons. The quantitative estimate of drug-likeness (QED) is 0.665. The van der Waals surface area contributed by atoms with Gasteiger partial charge in [-0.2, -0.15) is 0 Å². The fourth-order valence-electron chi connectivity index (χ4n) is 2.33. The van der Waals surface area contributed by atoms with E-state index in [4.69, 9.17) is 9.26 Å². The summed E-state index contributed by atoms with van der Waals surface area (Å²) in [6.07, 6.45) is 1.52. The van der Waals surface area contributed by atoms with Gasteiger partial charge in [0.05, 0.1) is 13.3 Å². The van der Waals surface area contributed by atoms with Crippen LogP contribution in [-0.4, -0.2) is 20.7 Å². The second-order valence-corrected chi connectivity index (χ2v) is 7.82. The van der Waals surface area contributed by atoms with Gasteiger partial charge < -0.3 is 9.26 Å². The summed E-state index contributed by atoms with van der Waals surface area (Å²) in [5, 5.41) is 3.65. The molecule has 1 heterocycles. The first-order valence-electron chi connectivity index (χ1n) is 7.29. The molecule has 8 heteroatoms. The summed E-state index contributed by atoms with van der Waals surface area (Å²) in [7, 11) is -2.39. The minimum Gasteiger partial charge on any atom is -0.495 e. The van der Waals surface area contributed by atoms with Gasteiger partial charge in [-0.25, -0.2) is 8.42 Å². The zero-order chi connectivity index (χ0) is 18.0. The van der Waals surface area contributed by atoms with E-state index in [-0.39, 0.29) is 10.6 Å². The largest absolute Gasteiger partial charge is 0.495 e. The lowest BCUT2D eigenvalue weighted by molar-refractivity contribution is 0.402. The Balaban J connectivity index is 1.97. The molecule has 0 bridgehead atoms. The van der Waals surface area contributed by atoms with Crippen molar-refractivity contribution in [1.82, 2.24) is 5.16 Å². The minimum absolute atomic E-state index is 0.0406. The van der Waals surface area contributed by atoms with Gasteiger partial charge in [-0.15, -0.1) is 0 Å². The van der Waals surface area contributed by atoms with Crippen molar-refractivity contribution < 1.29 is 17.7 Å². The molecule has 0 unspecified atom stereocenters. The van der Waals surface area contributed by atoms with Crippen LogP contribution < -0.4 is 9.46 Å². The molecule has 3 rings (SSSR count). The summed E-state index contributed by atoms with van der Waals surface area (Å²) in [6.45, 7) is 1.88. The Morgan fingerprint density at radius 3 is 2.60 bits per heavy atom. The number of nitrogens with zero attached hydrogens (tertiary/aromatic N) is 1. The Labute approximate surface area is 154 Å². The van der Waals surface area contributed by atoms with Crippen LogP contribution in [0, 0.1) is 6.92 Å². The molecule has 6 nitrogen and oxygen atoms in total. The number of methoxy groups -OCH3 is 1. The molecule has 0 aliphatic heterocycles. The Morgan fingerprint density at radius 2 is 1.96 bits per heavy atom. The highest BCUT2D eigenvalue weighted by molar-refractivity contribution is 9.10. The fourth-order valence-corrected chi connectivity index (χ4v) is 3.77. The average molecular weight is 423 g/mol. The van der Waals surface area contributed by atoms with Crippen LogP contribution in [0.25, 0.3) is 11.3 Å². The lowest BCUT2D eigenvalue weighted by Gasteiger charge is -2.13. The van der Waals surface area contributed by atoms with Gasteiger partial charge in [0.2, 0.25) is 0 Å². The molecule has 0 fully saturated rings. The van der Waals surface area contributed by atoms with Crippen LogP contribution in [0.1, 0.15) is 5.56 Å². The molecule has 0 saturated carbocycles. The highest BCUT2D eigenvalue weighted by Gasteiger charge is 2.21. The number of halogens is 1. The van der Waals surface area contributed by atoms with Gasteiger partial charge in [-0.3, -0.25) is 4.72 Å². The van der Waals surface area contributed by atoms with E-state index in [1.165, 1.54) is 19.4 Å². The number of ether oxygens (including phenoxy) is 1. The Hall–Kier alpha value is -2.32. The standard InChI is InChI=1S/C17H15BrN2O4S/c1-11-9-13(4-5-14(11)18)20-25(21,22)17-6-3-12(10-16(17)23-2)15-7-8-19-24-15/h3-10,20H,1-2H3. The third kappa shape index (κ3) is 3.69. The molecule has 3 aromatic rings. The van der Waals surface area contributed by atoms with E-state index >= 15 is 0 Å². The van der Waals surface area contributed by atoms with E-state index in [0.717, 1.165) is 10.0 Å². The molecule has 0 spiro atoms. The van der Waals surface area contributed by atoms with Crippen LogP contribution in [0.5, 0.6) is 5.75 Å². The molecule has 0 saturated heterocycles. The zero-order valence-electron chi connectivity index (χ0n) is 13.5. The van der Waals surface area contributed by atoms with E-state index in [0.29, 0.717) is 17.0 Å². The highest BCUT2D eigenvalue weighted by atomic mass is 79.9. The van der Waals surface area contributed by atoms with Gasteiger partial charge in [0, 0.05) is 21.8 Å². The first-order valence-corrected chi connectivity index (χ1v) is 9.56. The highest BCUT2D eigenvalue weighted by Crippen LogP contribution is 2.31. The average Bonchev–Trinajstić information content (AvgIpc) is 3.12.